The van der Waals surface area contributed by atoms with Crippen LogP contribution in [0.25, 0.3) is 110 Å². The minimum Gasteiger partial charge on any atom is -0.309 e. The number of benzene rings is 7. The summed E-state index contributed by atoms with van der Waals surface area (Å²) in [4.78, 5) is 9.93. The molecule has 0 spiro atoms. The topological polar surface area (TPSA) is 35.6 Å². The lowest BCUT2D eigenvalue weighted by Gasteiger charge is -2.12. The van der Waals surface area contributed by atoms with E-state index in [9.17, 15) is 0 Å². The van der Waals surface area contributed by atoms with Crippen molar-refractivity contribution in [1.82, 2.24) is 19.1 Å². The molecule has 4 nitrogen and oxygen atoms in total. The van der Waals surface area contributed by atoms with Crippen molar-refractivity contribution in [3.05, 3.63) is 170 Å². The van der Waals surface area contributed by atoms with Gasteiger partial charge in [0.25, 0.3) is 0 Å². The van der Waals surface area contributed by atoms with Crippen LogP contribution in [0.2, 0.25) is 0 Å². The van der Waals surface area contributed by atoms with E-state index >= 15 is 0 Å². The van der Waals surface area contributed by atoms with Crippen LogP contribution < -0.4 is 0 Å². The molecule has 0 saturated heterocycles. The molecule has 0 amide bonds. The molecule has 4 heteroatoms. The molecule has 0 bridgehead atoms. The van der Waals surface area contributed by atoms with Crippen LogP contribution in [0.4, 0.5) is 0 Å². The molecule has 0 radical (unpaired) electrons. The van der Waals surface area contributed by atoms with Gasteiger partial charge in [-0.1, -0.05) is 103 Å². The molecule has 0 N–H and O–H groups in total. The van der Waals surface area contributed by atoms with E-state index in [-0.39, 0.29) is 0 Å². The van der Waals surface area contributed by atoms with Gasteiger partial charge in [-0.2, -0.15) is 0 Å². The van der Waals surface area contributed by atoms with Gasteiger partial charge in [0.1, 0.15) is 5.82 Å². The van der Waals surface area contributed by atoms with Gasteiger partial charge in [-0.05, 0) is 82.1 Å². The Bertz CT molecular complexity index is 3290. The lowest BCUT2D eigenvalue weighted by Crippen LogP contribution is -1.99. The average molecular weight is 661 g/mol. The maximum Gasteiger partial charge on any atom is 0.138 e. The Morgan fingerprint density at radius 3 is 2.00 bits per heavy atom. The third-order valence-corrected chi connectivity index (χ3v) is 11.1. The monoisotopic (exact) mass is 660 g/mol. The van der Waals surface area contributed by atoms with Crippen molar-refractivity contribution in [3.63, 3.8) is 0 Å². The van der Waals surface area contributed by atoms with Crippen LogP contribution in [-0.4, -0.2) is 19.1 Å². The molecule has 12 rings (SSSR count). The molecule has 0 atom stereocenters. The SMILES string of the molecule is c1ccc(-n2c3ccccc3c3cc(-c4ccc5c(c4)c4ccc6ccccc6c4n5-c4cc5cccc6c5c(n4)-c4ccncc4-6)ccc32)cc1. The van der Waals surface area contributed by atoms with Crippen molar-refractivity contribution < 1.29 is 0 Å². The number of fused-ring (bicyclic) bond motifs is 11. The van der Waals surface area contributed by atoms with Gasteiger partial charge >= 0.3 is 0 Å². The minimum absolute atomic E-state index is 0.920. The Labute approximate surface area is 298 Å². The van der Waals surface area contributed by atoms with E-state index < -0.39 is 0 Å². The quantitative estimate of drug-likeness (QED) is 0.189. The summed E-state index contributed by atoms with van der Waals surface area (Å²) in [5.41, 5.74) is 12.8. The molecule has 1 aliphatic carbocycles. The Morgan fingerprint density at radius 1 is 0.423 bits per heavy atom. The highest BCUT2D eigenvalue weighted by Gasteiger charge is 2.25. The first-order valence-electron chi connectivity index (χ1n) is 17.7. The zero-order chi connectivity index (χ0) is 33.9. The molecular formula is C48H28N4. The first-order chi connectivity index (χ1) is 25.8. The standard InChI is InChI=1S/C48H28N4/c1-2-11-33(12-3-1)51-42-16-7-6-14-35(42)39-25-30(18-21-43(39)51)31-19-22-44-40(26-31)38-20-17-29-9-4-5-13-34(29)48(38)52(44)45-27-32-10-8-15-36-41-28-49-24-23-37(41)47(50-45)46(32)36/h1-28H. The molecule has 52 heavy (non-hydrogen) atoms. The molecule has 11 aromatic rings. The van der Waals surface area contributed by atoms with Crippen LogP contribution >= 0.6 is 0 Å². The Balaban J connectivity index is 1.12. The van der Waals surface area contributed by atoms with E-state index in [0.717, 1.165) is 28.2 Å². The Morgan fingerprint density at radius 2 is 1.13 bits per heavy atom. The summed E-state index contributed by atoms with van der Waals surface area (Å²) in [6.45, 7) is 0. The fraction of sp³-hybridized carbons (Fsp3) is 0. The van der Waals surface area contributed by atoms with Crippen LogP contribution in [0.1, 0.15) is 0 Å². The van der Waals surface area contributed by atoms with Gasteiger partial charge in [-0.25, -0.2) is 4.98 Å². The first kappa shape index (κ1) is 27.7. The molecule has 0 aliphatic heterocycles. The smallest absolute Gasteiger partial charge is 0.138 e. The van der Waals surface area contributed by atoms with Crippen molar-refractivity contribution in [2.75, 3.05) is 0 Å². The van der Waals surface area contributed by atoms with Gasteiger partial charge in [0.05, 0.1) is 27.8 Å². The van der Waals surface area contributed by atoms with Crippen molar-refractivity contribution in [1.29, 1.82) is 0 Å². The molecule has 0 fully saturated rings. The minimum atomic E-state index is 0.920. The number of aromatic nitrogens is 4. The van der Waals surface area contributed by atoms with Crippen molar-refractivity contribution in [3.8, 4) is 45.0 Å². The highest BCUT2D eigenvalue weighted by Crippen LogP contribution is 2.47. The molecule has 4 aromatic heterocycles. The largest absolute Gasteiger partial charge is 0.309 e. The second-order valence-electron chi connectivity index (χ2n) is 13.8. The number of pyridine rings is 2. The van der Waals surface area contributed by atoms with E-state index in [1.54, 1.807) is 0 Å². The number of hydrogen-bond acceptors (Lipinski definition) is 2. The van der Waals surface area contributed by atoms with Gasteiger partial charge in [-0.3, -0.25) is 9.55 Å². The lowest BCUT2D eigenvalue weighted by molar-refractivity contribution is 1.10. The number of para-hydroxylation sites is 2. The maximum absolute atomic E-state index is 5.47. The van der Waals surface area contributed by atoms with E-state index in [2.05, 4.69) is 172 Å². The number of rotatable bonds is 3. The van der Waals surface area contributed by atoms with E-state index in [1.165, 1.54) is 82.0 Å². The third-order valence-electron chi connectivity index (χ3n) is 11.1. The second-order valence-corrected chi connectivity index (χ2v) is 13.8. The van der Waals surface area contributed by atoms with E-state index in [4.69, 9.17) is 4.98 Å². The summed E-state index contributed by atoms with van der Waals surface area (Å²) >= 11 is 0. The summed E-state index contributed by atoms with van der Waals surface area (Å²) in [6.07, 6.45) is 3.84. The zero-order valence-electron chi connectivity index (χ0n) is 28.0. The average Bonchev–Trinajstić information content (AvgIpc) is 3.84. The summed E-state index contributed by atoms with van der Waals surface area (Å²) in [5, 5.41) is 9.74. The fourth-order valence-corrected chi connectivity index (χ4v) is 8.85. The lowest BCUT2D eigenvalue weighted by atomic mass is 10.00. The van der Waals surface area contributed by atoms with Gasteiger partial charge in [0.15, 0.2) is 0 Å². The molecular weight excluding hydrogens is 633 g/mol. The highest BCUT2D eigenvalue weighted by atomic mass is 15.1. The normalized spacial score (nSPS) is 12.2. The van der Waals surface area contributed by atoms with Crippen LogP contribution in [0.3, 0.4) is 0 Å². The zero-order valence-corrected chi connectivity index (χ0v) is 28.0. The first-order valence-corrected chi connectivity index (χ1v) is 17.7. The van der Waals surface area contributed by atoms with E-state index in [0.29, 0.717) is 0 Å². The predicted molar refractivity (Wildman–Crippen MR) is 216 cm³/mol. The molecule has 0 unspecified atom stereocenters. The summed E-state index contributed by atoms with van der Waals surface area (Å²) in [7, 11) is 0. The second kappa shape index (κ2) is 10.3. The Kier molecular flexibility index (Phi) is 5.47. The van der Waals surface area contributed by atoms with Crippen LogP contribution in [0, 0.1) is 0 Å². The van der Waals surface area contributed by atoms with Crippen molar-refractivity contribution in [2.45, 2.75) is 0 Å². The molecule has 1 aliphatic rings. The Hall–Kier alpha value is -7.04. The van der Waals surface area contributed by atoms with Gasteiger partial charge < -0.3 is 4.57 Å². The molecule has 0 saturated carbocycles. The predicted octanol–water partition coefficient (Wildman–Crippen LogP) is 12.3. The van der Waals surface area contributed by atoms with Crippen molar-refractivity contribution in [2.24, 2.45) is 0 Å². The molecule has 240 valence electrons. The molecule has 7 aromatic carbocycles. The van der Waals surface area contributed by atoms with Crippen LogP contribution in [-0.2, 0) is 0 Å². The van der Waals surface area contributed by atoms with E-state index in [1.807, 2.05) is 12.4 Å². The fourth-order valence-electron chi connectivity index (χ4n) is 8.85. The molecule has 4 heterocycles. The van der Waals surface area contributed by atoms with Crippen molar-refractivity contribution >= 4 is 65.2 Å². The summed E-state index contributed by atoms with van der Waals surface area (Å²) in [6, 6.07) is 57.4. The summed E-state index contributed by atoms with van der Waals surface area (Å²) in [5.74, 6) is 0.920. The van der Waals surface area contributed by atoms with Crippen LogP contribution in [0.15, 0.2) is 170 Å². The van der Waals surface area contributed by atoms with Gasteiger partial charge in [0, 0.05) is 61.5 Å². The number of hydrogen-bond donors (Lipinski definition) is 0. The maximum atomic E-state index is 5.47. The number of nitrogens with zero attached hydrogens (tertiary/aromatic N) is 4. The highest BCUT2D eigenvalue weighted by molar-refractivity contribution is 6.20. The third kappa shape index (κ3) is 3.70. The van der Waals surface area contributed by atoms with Gasteiger partial charge in [0.2, 0.25) is 0 Å². The summed E-state index contributed by atoms with van der Waals surface area (Å²) < 4.78 is 4.76. The van der Waals surface area contributed by atoms with Crippen LogP contribution in [0.5, 0.6) is 0 Å². The van der Waals surface area contributed by atoms with Gasteiger partial charge in [-0.15, -0.1) is 0 Å².